The van der Waals surface area contributed by atoms with Crippen molar-refractivity contribution in [2.45, 2.75) is 82.9 Å². The van der Waals surface area contributed by atoms with Crippen molar-refractivity contribution < 1.29 is 27.8 Å². The van der Waals surface area contributed by atoms with Crippen LogP contribution in [0.4, 0.5) is 5.69 Å². The van der Waals surface area contributed by atoms with E-state index >= 15 is 0 Å². The zero-order chi connectivity index (χ0) is 31.1. The molecule has 0 spiro atoms. The van der Waals surface area contributed by atoms with Gasteiger partial charge in [0.2, 0.25) is 0 Å². The number of hydrogen-bond donors (Lipinski definition) is 2. The quantitative estimate of drug-likeness (QED) is 0.412. The first-order valence-electron chi connectivity index (χ1n) is 15.6. The topological polar surface area (TPSA) is 108 Å². The Morgan fingerprint density at radius 1 is 1.07 bits per heavy atom. The number of benzene rings is 2. The molecule has 10 heteroatoms. The van der Waals surface area contributed by atoms with Crippen LogP contribution in [-0.4, -0.2) is 87.4 Å². The van der Waals surface area contributed by atoms with Gasteiger partial charge in [0.15, 0.2) is 0 Å². The molecule has 0 unspecified atom stereocenters. The maximum Gasteiger partial charge on any atom is 0.261 e. The Labute approximate surface area is 257 Å². The Kier molecular flexibility index (Phi) is 11.5. The highest BCUT2D eigenvalue weighted by molar-refractivity contribution is 7.92. The van der Waals surface area contributed by atoms with Gasteiger partial charge in [0.1, 0.15) is 5.75 Å². The number of anilines is 1. The average Bonchev–Trinajstić information content (AvgIpc) is 3.78. The number of carbonyl (C=O) groups excluding carboxylic acids is 1. The van der Waals surface area contributed by atoms with Crippen molar-refractivity contribution in [1.29, 1.82) is 0 Å². The SMILES string of the molecule is Cc1ccc(S(=O)(=O)Nc2ccc3c(c2)C(=O)N([C@@H](C)CO)C[C@@H](C)[C@@H](CN(C)CC2CC2)OCCCC[C@@H](C)O3)cc1. The van der Waals surface area contributed by atoms with Gasteiger partial charge in [-0.15, -0.1) is 0 Å². The van der Waals surface area contributed by atoms with E-state index in [2.05, 4.69) is 23.6 Å². The number of sulfonamides is 1. The summed E-state index contributed by atoms with van der Waals surface area (Å²) >= 11 is 0. The number of aryl methyl sites for hydroxylation is 1. The zero-order valence-electron chi connectivity index (χ0n) is 26.3. The summed E-state index contributed by atoms with van der Waals surface area (Å²) in [5, 5.41) is 10.2. The van der Waals surface area contributed by atoms with Crippen LogP contribution < -0.4 is 9.46 Å². The fourth-order valence-electron chi connectivity index (χ4n) is 5.50. The van der Waals surface area contributed by atoms with E-state index in [1.807, 2.05) is 20.8 Å². The van der Waals surface area contributed by atoms with Crippen LogP contribution in [0.3, 0.4) is 0 Å². The van der Waals surface area contributed by atoms with Gasteiger partial charge in [0.25, 0.3) is 15.9 Å². The molecule has 2 aromatic carbocycles. The van der Waals surface area contributed by atoms with Crippen molar-refractivity contribution in [3.05, 3.63) is 53.6 Å². The van der Waals surface area contributed by atoms with E-state index in [0.717, 1.165) is 43.8 Å². The van der Waals surface area contributed by atoms with Crippen molar-refractivity contribution in [3.8, 4) is 5.75 Å². The fraction of sp³-hybridized carbons (Fsp3) is 0.606. The molecule has 0 saturated heterocycles. The number of hydrogen-bond acceptors (Lipinski definition) is 7. The highest BCUT2D eigenvalue weighted by atomic mass is 32.2. The van der Waals surface area contributed by atoms with E-state index in [4.69, 9.17) is 9.47 Å². The second-order valence-electron chi connectivity index (χ2n) is 12.6. The van der Waals surface area contributed by atoms with Gasteiger partial charge in [-0.2, -0.15) is 0 Å². The highest BCUT2D eigenvalue weighted by Crippen LogP contribution is 2.31. The largest absolute Gasteiger partial charge is 0.490 e. The van der Waals surface area contributed by atoms with E-state index in [1.165, 1.54) is 12.8 Å². The molecule has 1 amide bonds. The summed E-state index contributed by atoms with van der Waals surface area (Å²) in [5.41, 5.74) is 1.47. The minimum absolute atomic E-state index is 0.00550. The van der Waals surface area contributed by atoms with Gasteiger partial charge in [0, 0.05) is 37.8 Å². The average molecular weight is 616 g/mol. The lowest BCUT2D eigenvalue weighted by atomic mass is 10.0. The summed E-state index contributed by atoms with van der Waals surface area (Å²) in [5.74, 6) is 0.831. The number of nitrogens with one attached hydrogen (secondary N) is 1. The van der Waals surface area contributed by atoms with Crippen LogP contribution >= 0.6 is 0 Å². The van der Waals surface area contributed by atoms with Gasteiger partial charge in [-0.05, 0) is 96.2 Å². The molecule has 0 radical (unpaired) electrons. The molecule has 43 heavy (non-hydrogen) atoms. The van der Waals surface area contributed by atoms with Crippen LogP contribution in [0.5, 0.6) is 5.75 Å². The normalized spacial score (nSPS) is 23.3. The van der Waals surface area contributed by atoms with Crippen molar-refractivity contribution in [3.63, 3.8) is 0 Å². The van der Waals surface area contributed by atoms with Gasteiger partial charge in [0.05, 0.1) is 35.3 Å². The Morgan fingerprint density at radius 2 is 1.79 bits per heavy atom. The molecule has 9 nitrogen and oxygen atoms in total. The van der Waals surface area contributed by atoms with Gasteiger partial charge in [-0.1, -0.05) is 24.6 Å². The smallest absolute Gasteiger partial charge is 0.261 e. The number of rotatable bonds is 9. The maximum absolute atomic E-state index is 14.3. The summed E-state index contributed by atoms with van der Waals surface area (Å²) in [6, 6.07) is 11.0. The lowest BCUT2D eigenvalue weighted by molar-refractivity contribution is -0.0172. The second kappa shape index (κ2) is 14.9. The molecule has 2 aliphatic rings. The van der Waals surface area contributed by atoms with Gasteiger partial charge >= 0.3 is 0 Å². The molecule has 1 fully saturated rings. The molecular formula is C33H49N3O6S. The Balaban J connectivity index is 1.65. The predicted molar refractivity (Wildman–Crippen MR) is 169 cm³/mol. The van der Waals surface area contributed by atoms with E-state index in [1.54, 1.807) is 47.4 Å². The van der Waals surface area contributed by atoms with Crippen LogP contribution in [-0.2, 0) is 14.8 Å². The molecule has 4 atom stereocenters. The molecule has 1 heterocycles. The fourth-order valence-corrected chi connectivity index (χ4v) is 6.55. The van der Waals surface area contributed by atoms with Crippen molar-refractivity contribution in [2.75, 3.05) is 44.6 Å². The van der Waals surface area contributed by atoms with E-state index < -0.39 is 16.1 Å². The molecule has 4 rings (SSSR count). The third kappa shape index (κ3) is 9.41. The monoisotopic (exact) mass is 615 g/mol. The van der Waals surface area contributed by atoms with Crippen molar-refractivity contribution >= 4 is 21.6 Å². The van der Waals surface area contributed by atoms with Crippen molar-refractivity contribution in [1.82, 2.24) is 9.80 Å². The molecule has 1 aliphatic carbocycles. The first-order chi connectivity index (χ1) is 20.5. The van der Waals surface area contributed by atoms with Gasteiger partial charge < -0.3 is 24.4 Å². The molecule has 1 aliphatic heterocycles. The summed E-state index contributed by atoms with van der Waals surface area (Å²) in [6.07, 6.45) is 4.95. The number of amides is 1. The third-order valence-electron chi connectivity index (χ3n) is 8.39. The number of fused-ring (bicyclic) bond motifs is 1. The summed E-state index contributed by atoms with van der Waals surface area (Å²) in [6.45, 7) is 10.4. The number of carbonyl (C=O) groups is 1. The highest BCUT2D eigenvalue weighted by Gasteiger charge is 2.31. The zero-order valence-corrected chi connectivity index (χ0v) is 27.1. The maximum atomic E-state index is 14.3. The van der Waals surface area contributed by atoms with E-state index in [9.17, 15) is 18.3 Å². The predicted octanol–water partition coefficient (Wildman–Crippen LogP) is 4.93. The summed E-state index contributed by atoms with van der Waals surface area (Å²) < 4.78 is 41.7. The van der Waals surface area contributed by atoms with Gasteiger partial charge in [-0.3, -0.25) is 9.52 Å². The number of aliphatic hydroxyl groups excluding tert-OH is 1. The van der Waals surface area contributed by atoms with E-state index in [0.29, 0.717) is 18.9 Å². The number of ether oxygens (including phenoxy) is 2. The lowest BCUT2D eigenvalue weighted by Crippen LogP contribution is -2.47. The standard InChI is InChI=1S/C33H49N3O6S/c1-23-9-14-29(15-10-23)43(39,40)34-28-13-16-31-30(18-28)33(38)36(25(3)22-37)19-24(2)32(21-35(5)20-27-11-12-27)41-17-7-6-8-26(4)42-31/h9-10,13-16,18,24-27,32,34,37H,6-8,11-12,17,19-22H2,1-5H3/t24-,25+,26-,32-/m1/s1. The molecule has 0 bridgehead atoms. The van der Waals surface area contributed by atoms with Crippen LogP contribution in [0.1, 0.15) is 68.8 Å². The van der Waals surface area contributed by atoms with Gasteiger partial charge in [-0.25, -0.2) is 8.42 Å². The lowest BCUT2D eigenvalue weighted by Gasteiger charge is -2.36. The first-order valence-corrected chi connectivity index (χ1v) is 17.1. The van der Waals surface area contributed by atoms with Crippen LogP contribution in [0, 0.1) is 18.8 Å². The van der Waals surface area contributed by atoms with E-state index in [-0.39, 0.29) is 46.8 Å². The Bertz CT molecular complexity index is 1310. The molecule has 0 aromatic heterocycles. The second-order valence-corrected chi connectivity index (χ2v) is 14.3. The number of likely N-dealkylation sites (N-methyl/N-ethyl adjacent to an activating group) is 1. The molecule has 238 valence electrons. The first kappa shape index (κ1) is 33.2. The summed E-state index contributed by atoms with van der Waals surface area (Å²) in [7, 11) is -1.74. The Hall–Kier alpha value is -2.66. The number of aliphatic hydroxyl groups is 1. The molecule has 2 aromatic rings. The Morgan fingerprint density at radius 3 is 2.47 bits per heavy atom. The molecular weight excluding hydrogens is 566 g/mol. The minimum atomic E-state index is -3.88. The van der Waals surface area contributed by atoms with Crippen molar-refractivity contribution in [2.24, 2.45) is 11.8 Å². The minimum Gasteiger partial charge on any atom is -0.490 e. The number of nitrogens with zero attached hydrogens (tertiary/aromatic N) is 2. The molecule has 2 N–H and O–H groups in total. The van der Waals surface area contributed by atoms with Crippen LogP contribution in [0.2, 0.25) is 0 Å². The summed E-state index contributed by atoms with van der Waals surface area (Å²) in [4.78, 5) is 18.4. The van der Waals surface area contributed by atoms with Crippen LogP contribution in [0.15, 0.2) is 47.4 Å². The third-order valence-corrected chi connectivity index (χ3v) is 9.79. The van der Waals surface area contributed by atoms with Crippen LogP contribution in [0.25, 0.3) is 0 Å². The molecule has 1 saturated carbocycles.